The first-order valence-corrected chi connectivity index (χ1v) is 8.60. The number of likely N-dealkylation sites (tertiary alicyclic amines) is 1. The van der Waals surface area contributed by atoms with E-state index in [-0.39, 0.29) is 29.8 Å². The third-order valence-electron chi connectivity index (χ3n) is 5.43. The Morgan fingerprint density at radius 3 is 2.65 bits per heavy atom. The zero-order valence-corrected chi connectivity index (χ0v) is 15.1. The molecular weight excluding hydrogens is 308 g/mol. The van der Waals surface area contributed by atoms with E-state index in [4.69, 9.17) is 5.73 Å². The maximum atomic E-state index is 12.6. The van der Waals surface area contributed by atoms with Gasteiger partial charge in [0, 0.05) is 19.1 Å². The molecule has 0 saturated carbocycles. The van der Waals surface area contributed by atoms with Gasteiger partial charge in [0.2, 0.25) is 5.91 Å². The summed E-state index contributed by atoms with van der Waals surface area (Å²) in [6.45, 7) is 5.90. The van der Waals surface area contributed by atoms with Gasteiger partial charge in [0.25, 0.3) is 0 Å². The molecule has 1 atom stereocenters. The number of nitrogens with zero attached hydrogens (tertiary/aromatic N) is 1. The largest absolute Gasteiger partial charge is 0.342 e. The van der Waals surface area contributed by atoms with Crippen molar-refractivity contribution in [3.05, 3.63) is 34.9 Å². The van der Waals surface area contributed by atoms with Crippen LogP contribution in [0.4, 0.5) is 0 Å². The van der Waals surface area contributed by atoms with Gasteiger partial charge in [-0.05, 0) is 54.2 Å². The lowest BCUT2D eigenvalue weighted by molar-refractivity contribution is -0.133. The van der Waals surface area contributed by atoms with Gasteiger partial charge in [-0.3, -0.25) is 4.79 Å². The van der Waals surface area contributed by atoms with Gasteiger partial charge in [-0.25, -0.2) is 0 Å². The highest BCUT2D eigenvalue weighted by Crippen LogP contribution is 2.28. The molecule has 1 aromatic carbocycles. The quantitative estimate of drug-likeness (QED) is 0.902. The van der Waals surface area contributed by atoms with E-state index < -0.39 is 0 Å². The third-order valence-corrected chi connectivity index (χ3v) is 5.43. The number of halogens is 1. The van der Waals surface area contributed by atoms with Crippen molar-refractivity contribution in [3.63, 3.8) is 0 Å². The predicted molar refractivity (Wildman–Crippen MR) is 97.0 cm³/mol. The highest BCUT2D eigenvalue weighted by atomic mass is 35.5. The van der Waals surface area contributed by atoms with Crippen LogP contribution >= 0.6 is 12.4 Å². The molecule has 1 heterocycles. The minimum absolute atomic E-state index is 0. The van der Waals surface area contributed by atoms with Gasteiger partial charge in [0.15, 0.2) is 0 Å². The van der Waals surface area contributed by atoms with E-state index in [0.717, 1.165) is 19.5 Å². The van der Waals surface area contributed by atoms with E-state index in [2.05, 4.69) is 32.0 Å². The van der Waals surface area contributed by atoms with Crippen LogP contribution in [0.5, 0.6) is 0 Å². The van der Waals surface area contributed by atoms with Crippen molar-refractivity contribution < 1.29 is 4.79 Å². The van der Waals surface area contributed by atoms with Gasteiger partial charge in [-0.15, -0.1) is 12.4 Å². The van der Waals surface area contributed by atoms with Crippen LogP contribution in [0, 0.1) is 5.41 Å². The van der Waals surface area contributed by atoms with Crippen LogP contribution in [0.3, 0.4) is 0 Å². The lowest BCUT2D eigenvalue weighted by atomic mass is 9.79. The molecule has 0 bridgehead atoms. The highest BCUT2D eigenvalue weighted by molar-refractivity contribution is 5.85. The molecule has 3 nitrogen and oxygen atoms in total. The molecule has 2 N–H and O–H groups in total. The molecular formula is C19H29ClN2O. The van der Waals surface area contributed by atoms with E-state index in [1.54, 1.807) is 0 Å². The van der Waals surface area contributed by atoms with Crippen LogP contribution < -0.4 is 5.73 Å². The van der Waals surface area contributed by atoms with Crippen molar-refractivity contribution in [2.24, 2.45) is 11.1 Å². The predicted octanol–water partition coefficient (Wildman–Crippen LogP) is 3.12. The van der Waals surface area contributed by atoms with E-state index in [0.29, 0.717) is 6.42 Å². The molecule has 1 saturated heterocycles. The van der Waals surface area contributed by atoms with Crippen molar-refractivity contribution in [1.29, 1.82) is 0 Å². The number of hydrogen-bond donors (Lipinski definition) is 1. The molecule has 0 spiro atoms. The first kappa shape index (κ1) is 18.3. The van der Waals surface area contributed by atoms with Crippen molar-refractivity contribution in [3.8, 4) is 0 Å². The molecule has 1 aliphatic carbocycles. The number of carbonyl (C=O) groups is 1. The summed E-state index contributed by atoms with van der Waals surface area (Å²) in [6, 6.07) is 6.82. The van der Waals surface area contributed by atoms with E-state index in [9.17, 15) is 4.79 Å². The fraction of sp³-hybridized carbons (Fsp3) is 0.632. The molecule has 1 amide bonds. The number of benzene rings is 1. The van der Waals surface area contributed by atoms with Gasteiger partial charge >= 0.3 is 0 Å². The van der Waals surface area contributed by atoms with E-state index in [1.165, 1.54) is 42.4 Å². The number of nitrogens with two attached hydrogens (primary N) is 1. The van der Waals surface area contributed by atoms with Gasteiger partial charge in [-0.2, -0.15) is 0 Å². The maximum Gasteiger partial charge on any atom is 0.227 e. The molecule has 1 aliphatic heterocycles. The molecule has 4 heteroatoms. The lowest BCUT2D eigenvalue weighted by Crippen LogP contribution is -2.54. The SMILES string of the molecule is CC1(C)CN(C(=O)Cc2ccc3c(c2)CCCC3)CCC1N.Cl. The third kappa shape index (κ3) is 4.07. The zero-order valence-electron chi connectivity index (χ0n) is 14.3. The van der Waals surface area contributed by atoms with Crippen LogP contribution in [0.1, 0.15) is 49.8 Å². The first-order chi connectivity index (χ1) is 10.5. The molecule has 0 aromatic heterocycles. The average Bonchev–Trinajstić information content (AvgIpc) is 2.49. The molecule has 1 aromatic rings. The second-order valence-electron chi connectivity index (χ2n) is 7.69. The number of fused-ring (bicyclic) bond motifs is 1. The molecule has 3 rings (SSSR count). The summed E-state index contributed by atoms with van der Waals surface area (Å²) >= 11 is 0. The van der Waals surface area contributed by atoms with Crippen LogP contribution in [0.2, 0.25) is 0 Å². The monoisotopic (exact) mass is 336 g/mol. The minimum atomic E-state index is 0. The minimum Gasteiger partial charge on any atom is -0.342 e. The number of aryl methyl sites for hydroxylation is 2. The topological polar surface area (TPSA) is 46.3 Å². The molecule has 2 aliphatic rings. The van der Waals surface area contributed by atoms with Crippen LogP contribution in [-0.2, 0) is 24.1 Å². The number of amides is 1. The van der Waals surface area contributed by atoms with Crippen LogP contribution in [-0.4, -0.2) is 29.9 Å². The Kier molecular flexibility index (Phi) is 5.74. The normalized spacial score (nSPS) is 22.9. The summed E-state index contributed by atoms with van der Waals surface area (Å²) in [7, 11) is 0. The lowest BCUT2D eigenvalue weighted by Gasteiger charge is -2.42. The Bertz CT molecular complexity index is 570. The molecule has 1 unspecified atom stereocenters. The number of rotatable bonds is 2. The Balaban J connectivity index is 0.00000192. The number of piperidine rings is 1. The Hall–Kier alpha value is -1.06. The van der Waals surface area contributed by atoms with Crippen molar-refractivity contribution in [2.45, 2.75) is 58.4 Å². The van der Waals surface area contributed by atoms with Crippen LogP contribution in [0.15, 0.2) is 18.2 Å². The standard InChI is InChI=1S/C19H28N2O.ClH/c1-19(2)13-21(10-9-17(19)20)18(22)12-14-7-8-15-5-3-4-6-16(15)11-14;/h7-8,11,17H,3-6,9-10,12-13,20H2,1-2H3;1H. The summed E-state index contributed by atoms with van der Waals surface area (Å²) in [5.74, 6) is 0.246. The smallest absolute Gasteiger partial charge is 0.227 e. The Morgan fingerprint density at radius 1 is 1.26 bits per heavy atom. The zero-order chi connectivity index (χ0) is 15.7. The van der Waals surface area contributed by atoms with Gasteiger partial charge < -0.3 is 10.6 Å². The maximum absolute atomic E-state index is 12.6. The highest BCUT2D eigenvalue weighted by Gasteiger charge is 2.35. The number of hydrogen-bond acceptors (Lipinski definition) is 2. The number of carbonyl (C=O) groups excluding carboxylic acids is 1. The summed E-state index contributed by atoms with van der Waals surface area (Å²) in [6.07, 6.45) is 6.38. The molecule has 1 fully saturated rings. The molecule has 0 radical (unpaired) electrons. The summed E-state index contributed by atoms with van der Waals surface area (Å²) in [5, 5.41) is 0. The fourth-order valence-corrected chi connectivity index (χ4v) is 3.77. The van der Waals surface area contributed by atoms with E-state index in [1.807, 2.05) is 4.90 Å². The molecule has 128 valence electrons. The summed E-state index contributed by atoms with van der Waals surface area (Å²) in [5.41, 5.74) is 10.3. The van der Waals surface area contributed by atoms with Crippen molar-refractivity contribution >= 4 is 18.3 Å². The van der Waals surface area contributed by atoms with Gasteiger partial charge in [0.05, 0.1) is 6.42 Å². The summed E-state index contributed by atoms with van der Waals surface area (Å²) in [4.78, 5) is 14.6. The van der Waals surface area contributed by atoms with Gasteiger partial charge in [-0.1, -0.05) is 32.0 Å². The van der Waals surface area contributed by atoms with Crippen molar-refractivity contribution in [1.82, 2.24) is 4.90 Å². The second kappa shape index (κ2) is 7.23. The molecule has 23 heavy (non-hydrogen) atoms. The first-order valence-electron chi connectivity index (χ1n) is 8.60. The van der Waals surface area contributed by atoms with E-state index >= 15 is 0 Å². The van der Waals surface area contributed by atoms with Gasteiger partial charge in [0.1, 0.15) is 0 Å². The van der Waals surface area contributed by atoms with Crippen molar-refractivity contribution in [2.75, 3.05) is 13.1 Å². The average molecular weight is 337 g/mol. The Labute approximate surface area is 146 Å². The van der Waals surface area contributed by atoms with Crippen LogP contribution in [0.25, 0.3) is 0 Å². The fourth-order valence-electron chi connectivity index (χ4n) is 3.77. The Morgan fingerprint density at radius 2 is 1.96 bits per heavy atom. The summed E-state index contributed by atoms with van der Waals surface area (Å²) < 4.78 is 0. The second-order valence-corrected chi connectivity index (χ2v) is 7.69.